The number of thiophene rings is 1. The standard InChI is InChI=1S/C16H20FN3S/c1-3-13-8-9-14(21-13)11-20-16(18-2)19-10-12-6-4-5-7-15(12)17/h4-9H,3,10-11H2,1-2H3,(H2,18,19,20). The summed E-state index contributed by atoms with van der Waals surface area (Å²) in [5, 5.41) is 6.36. The van der Waals surface area contributed by atoms with Crippen LogP contribution in [0, 0.1) is 5.82 Å². The van der Waals surface area contributed by atoms with Crippen LogP contribution in [0.15, 0.2) is 41.4 Å². The van der Waals surface area contributed by atoms with E-state index in [2.05, 4.69) is 34.7 Å². The van der Waals surface area contributed by atoms with Gasteiger partial charge in [0.1, 0.15) is 5.82 Å². The molecule has 0 bridgehead atoms. The van der Waals surface area contributed by atoms with E-state index in [9.17, 15) is 4.39 Å². The molecule has 0 saturated heterocycles. The predicted molar refractivity (Wildman–Crippen MR) is 87.1 cm³/mol. The predicted octanol–water partition coefficient (Wildman–Crippen LogP) is 3.31. The van der Waals surface area contributed by atoms with E-state index < -0.39 is 0 Å². The average Bonchev–Trinajstić information content (AvgIpc) is 2.97. The van der Waals surface area contributed by atoms with E-state index >= 15 is 0 Å². The van der Waals surface area contributed by atoms with Crippen LogP contribution < -0.4 is 10.6 Å². The summed E-state index contributed by atoms with van der Waals surface area (Å²) in [4.78, 5) is 6.79. The van der Waals surface area contributed by atoms with Crippen LogP contribution in [0.3, 0.4) is 0 Å². The highest BCUT2D eigenvalue weighted by atomic mass is 32.1. The van der Waals surface area contributed by atoms with E-state index in [0.717, 1.165) is 13.0 Å². The van der Waals surface area contributed by atoms with Gasteiger partial charge in [0, 0.05) is 28.9 Å². The number of nitrogens with one attached hydrogen (secondary N) is 2. The minimum absolute atomic E-state index is 0.203. The minimum atomic E-state index is -0.203. The van der Waals surface area contributed by atoms with Gasteiger partial charge >= 0.3 is 0 Å². The Hall–Kier alpha value is -1.88. The van der Waals surface area contributed by atoms with Crippen molar-refractivity contribution in [1.82, 2.24) is 10.6 Å². The van der Waals surface area contributed by atoms with E-state index in [1.54, 1.807) is 30.5 Å². The lowest BCUT2D eigenvalue weighted by atomic mass is 10.2. The first kappa shape index (κ1) is 15.5. The lowest BCUT2D eigenvalue weighted by Crippen LogP contribution is -2.36. The Morgan fingerprint density at radius 3 is 2.48 bits per heavy atom. The minimum Gasteiger partial charge on any atom is -0.352 e. The highest BCUT2D eigenvalue weighted by molar-refractivity contribution is 7.11. The van der Waals surface area contributed by atoms with E-state index in [4.69, 9.17) is 0 Å². The molecule has 112 valence electrons. The van der Waals surface area contributed by atoms with Crippen molar-refractivity contribution in [3.05, 3.63) is 57.5 Å². The van der Waals surface area contributed by atoms with Crippen LogP contribution in [0.5, 0.6) is 0 Å². The summed E-state index contributed by atoms with van der Waals surface area (Å²) in [7, 11) is 1.71. The SMILES string of the molecule is CCc1ccc(CNC(=NC)NCc2ccccc2F)s1. The van der Waals surface area contributed by atoms with Crippen LogP contribution >= 0.6 is 11.3 Å². The molecule has 2 N–H and O–H groups in total. The van der Waals surface area contributed by atoms with Crippen molar-refractivity contribution in [2.24, 2.45) is 4.99 Å². The molecule has 0 radical (unpaired) electrons. The monoisotopic (exact) mass is 305 g/mol. The summed E-state index contributed by atoms with van der Waals surface area (Å²) in [5.41, 5.74) is 0.629. The number of benzene rings is 1. The van der Waals surface area contributed by atoms with Gasteiger partial charge in [-0.25, -0.2) is 4.39 Å². The van der Waals surface area contributed by atoms with E-state index in [0.29, 0.717) is 18.1 Å². The molecule has 0 aliphatic carbocycles. The van der Waals surface area contributed by atoms with Crippen LogP contribution in [-0.4, -0.2) is 13.0 Å². The molecule has 0 saturated carbocycles. The molecule has 0 amide bonds. The molecule has 1 heterocycles. The first-order valence-corrected chi connectivity index (χ1v) is 7.80. The van der Waals surface area contributed by atoms with Crippen molar-refractivity contribution in [2.75, 3.05) is 7.05 Å². The molecule has 3 nitrogen and oxygen atoms in total. The van der Waals surface area contributed by atoms with Crippen molar-refractivity contribution in [2.45, 2.75) is 26.4 Å². The number of rotatable bonds is 5. The summed E-state index contributed by atoms with van der Waals surface area (Å²) >= 11 is 1.80. The maximum absolute atomic E-state index is 13.5. The van der Waals surface area contributed by atoms with Gasteiger partial charge in [-0.2, -0.15) is 0 Å². The van der Waals surface area contributed by atoms with Crippen LogP contribution in [-0.2, 0) is 19.5 Å². The number of hydrogen-bond donors (Lipinski definition) is 2. The van der Waals surface area contributed by atoms with Gasteiger partial charge in [0.25, 0.3) is 0 Å². The molecule has 1 aromatic heterocycles. The van der Waals surface area contributed by atoms with Crippen molar-refractivity contribution < 1.29 is 4.39 Å². The van der Waals surface area contributed by atoms with Gasteiger partial charge in [0.15, 0.2) is 5.96 Å². The first-order chi connectivity index (χ1) is 10.2. The normalized spacial score (nSPS) is 11.5. The second-order valence-corrected chi connectivity index (χ2v) is 5.85. The summed E-state index contributed by atoms with van der Waals surface area (Å²) in [5.74, 6) is 0.469. The zero-order valence-corrected chi connectivity index (χ0v) is 13.1. The molecule has 2 aromatic rings. The Morgan fingerprint density at radius 1 is 1.10 bits per heavy atom. The van der Waals surface area contributed by atoms with Crippen molar-refractivity contribution in [1.29, 1.82) is 0 Å². The van der Waals surface area contributed by atoms with Crippen LogP contribution in [0.1, 0.15) is 22.2 Å². The van der Waals surface area contributed by atoms with Crippen LogP contribution in [0.25, 0.3) is 0 Å². The topological polar surface area (TPSA) is 36.4 Å². The second-order valence-electron chi connectivity index (χ2n) is 4.59. The number of nitrogens with zero attached hydrogens (tertiary/aromatic N) is 1. The third-order valence-corrected chi connectivity index (χ3v) is 4.35. The van der Waals surface area contributed by atoms with Gasteiger partial charge < -0.3 is 10.6 Å². The molecule has 0 aliphatic rings. The largest absolute Gasteiger partial charge is 0.352 e. The lowest BCUT2D eigenvalue weighted by molar-refractivity contribution is 0.604. The Balaban J connectivity index is 1.85. The molecule has 5 heteroatoms. The fraction of sp³-hybridized carbons (Fsp3) is 0.312. The fourth-order valence-electron chi connectivity index (χ4n) is 1.92. The molecule has 0 unspecified atom stereocenters. The molecule has 0 fully saturated rings. The number of halogens is 1. The summed E-state index contributed by atoms with van der Waals surface area (Å²) in [6.07, 6.45) is 1.06. The van der Waals surface area contributed by atoms with Gasteiger partial charge in [-0.15, -0.1) is 11.3 Å². The van der Waals surface area contributed by atoms with Crippen molar-refractivity contribution in [3.8, 4) is 0 Å². The lowest BCUT2D eigenvalue weighted by Gasteiger charge is -2.11. The van der Waals surface area contributed by atoms with Gasteiger partial charge in [-0.1, -0.05) is 25.1 Å². The van der Waals surface area contributed by atoms with Gasteiger partial charge in [0.05, 0.1) is 6.54 Å². The molecular weight excluding hydrogens is 285 g/mol. The van der Waals surface area contributed by atoms with Gasteiger partial charge in [-0.05, 0) is 24.6 Å². The Labute approximate surface area is 128 Å². The second kappa shape index (κ2) is 7.78. The fourth-order valence-corrected chi connectivity index (χ4v) is 2.82. The zero-order valence-electron chi connectivity index (χ0n) is 12.3. The number of aliphatic imine (C=N–C) groups is 1. The molecule has 0 aliphatic heterocycles. The molecule has 2 rings (SSSR count). The van der Waals surface area contributed by atoms with Gasteiger partial charge in [0.2, 0.25) is 0 Å². The van der Waals surface area contributed by atoms with Crippen LogP contribution in [0.2, 0.25) is 0 Å². The third kappa shape index (κ3) is 4.56. The maximum atomic E-state index is 13.5. The molecular formula is C16H20FN3S. The number of hydrogen-bond acceptors (Lipinski definition) is 2. The van der Waals surface area contributed by atoms with Gasteiger partial charge in [-0.3, -0.25) is 4.99 Å². The Morgan fingerprint density at radius 2 is 1.81 bits per heavy atom. The summed E-state index contributed by atoms with van der Waals surface area (Å²) in [6, 6.07) is 11.0. The number of aryl methyl sites for hydroxylation is 1. The van der Waals surface area contributed by atoms with E-state index in [-0.39, 0.29) is 5.82 Å². The maximum Gasteiger partial charge on any atom is 0.191 e. The smallest absolute Gasteiger partial charge is 0.191 e. The highest BCUT2D eigenvalue weighted by Crippen LogP contribution is 2.16. The molecule has 1 aromatic carbocycles. The van der Waals surface area contributed by atoms with Crippen LogP contribution in [0.4, 0.5) is 4.39 Å². The van der Waals surface area contributed by atoms with Crippen molar-refractivity contribution in [3.63, 3.8) is 0 Å². The van der Waals surface area contributed by atoms with Crippen molar-refractivity contribution >= 4 is 17.3 Å². The molecule has 21 heavy (non-hydrogen) atoms. The zero-order chi connectivity index (χ0) is 15.1. The van der Waals surface area contributed by atoms with E-state index in [1.165, 1.54) is 15.8 Å². The molecule has 0 atom stereocenters. The quantitative estimate of drug-likeness (QED) is 0.657. The summed E-state index contributed by atoms with van der Waals surface area (Å²) < 4.78 is 13.5. The summed E-state index contributed by atoms with van der Waals surface area (Å²) in [6.45, 7) is 3.29. The highest BCUT2D eigenvalue weighted by Gasteiger charge is 2.03. The first-order valence-electron chi connectivity index (χ1n) is 6.98. The number of guanidine groups is 1. The molecule has 0 spiro atoms. The Kier molecular flexibility index (Phi) is 5.75. The Bertz CT molecular complexity index is 607. The third-order valence-electron chi connectivity index (χ3n) is 3.12. The average molecular weight is 305 g/mol. The van der Waals surface area contributed by atoms with E-state index in [1.807, 2.05) is 6.07 Å².